The standard InChI is InChI=1S/C15H21N3/c1-11(2)14-9-10-18(17-14)15-8-6-5-7-13(15)12(3)16-4/h5-12,16H,1-4H3. The SMILES string of the molecule is CNC(C)c1ccccc1-n1ccc(C(C)C)n1. The van der Waals surface area contributed by atoms with Crippen molar-refractivity contribution in [3.8, 4) is 5.69 Å². The van der Waals surface area contributed by atoms with Gasteiger partial charge < -0.3 is 5.32 Å². The zero-order valence-electron chi connectivity index (χ0n) is 11.5. The summed E-state index contributed by atoms with van der Waals surface area (Å²) in [6.45, 7) is 6.48. The first-order chi connectivity index (χ1) is 8.63. The highest BCUT2D eigenvalue weighted by Gasteiger charge is 2.11. The first kappa shape index (κ1) is 12.8. The summed E-state index contributed by atoms with van der Waals surface area (Å²) in [7, 11) is 1.98. The summed E-state index contributed by atoms with van der Waals surface area (Å²) >= 11 is 0. The molecule has 0 spiro atoms. The molecule has 1 aromatic heterocycles. The molecule has 1 atom stereocenters. The van der Waals surface area contributed by atoms with Crippen LogP contribution in [-0.4, -0.2) is 16.8 Å². The lowest BCUT2D eigenvalue weighted by Crippen LogP contribution is -2.15. The number of hydrogen-bond acceptors (Lipinski definition) is 2. The maximum absolute atomic E-state index is 4.65. The quantitative estimate of drug-likeness (QED) is 0.893. The van der Waals surface area contributed by atoms with Crippen molar-refractivity contribution in [2.45, 2.75) is 32.7 Å². The molecule has 3 nitrogen and oxygen atoms in total. The van der Waals surface area contributed by atoms with Gasteiger partial charge in [-0.15, -0.1) is 0 Å². The third-order valence-electron chi connectivity index (χ3n) is 3.28. The number of aromatic nitrogens is 2. The first-order valence-corrected chi connectivity index (χ1v) is 6.45. The molecule has 1 unspecified atom stereocenters. The monoisotopic (exact) mass is 243 g/mol. The van der Waals surface area contributed by atoms with Crippen molar-refractivity contribution in [2.24, 2.45) is 0 Å². The smallest absolute Gasteiger partial charge is 0.0693 e. The predicted molar refractivity (Wildman–Crippen MR) is 75.1 cm³/mol. The maximum atomic E-state index is 4.65. The third-order valence-corrected chi connectivity index (χ3v) is 3.28. The zero-order valence-corrected chi connectivity index (χ0v) is 11.5. The lowest BCUT2D eigenvalue weighted by molar-refractivity contribution is 0.642. The van der Waals surface area contributed by atoms with Gasteiger partial charge in [0.2, 0.25) is 0 Å². The van der Waals surface area contributed by atoms with Crippen LogP contribution in [0.15, 0.2) is 36.5 Å². The Morgan fingerprint density at radius 1 is 1.11 bits per heavy atom. The molecule has 3 heteroatoms. The van der Waals surface area contributed by atoms with Crippen LogP contribution in [0.2, 0.25) is 0 Å². The van der Waals surface area contributed by atoms with Gasteiger partial charge in [-0.1, -0.05) is 32.0 Å². The number of benzene rings is 1. The van der Waals surface area contributed by atoms with E-state index in [1.165, 1.54) is 5.56 Å². The van der Waals surface area contributed by atoms with Crippen LogP contribution in [0.3, 0.4) is 0 Å². The van der Waals surface area contributed by atoms with Crippen molar-refractivity contribution in [1.82, 2.24) is 15.1 Å². The summed E-state index contributed by atoms with van der Waals surface area (Å²) in [6.07, 6.45) is 2.04. The molecular formula is C15H21N3. The Bertz CT molecular complexity index is 514. The Balaban J connectivity index is 2.43. The van der Waals surface area contributed by atoms with Gasteiger partial charge in [0, 0.05) is 12.2 Å². The van der Waals surface area contributed by atoms with Crippen molar-refractivity contribution < 1.29 is 0 Å². The Kier molecular flexibility index (Phi) is 3.82. The van der Waals surface area contributed by atoms with E-state index in [2.05, 4.69) is 61.5 Å². The molecule has 18 heavy (non-hydrogen) atoms. The van der Waals surface area contributed by atoms with Crippen LogP contribution in [-0.2, 0) is 0 Å². The molecule has 0 saturated carbocycles. The summed E-state index contributed by atoms with van der Waals surface area (Å²) in [5, 5.41) is 7.93. The molecule has 0 bridgehead atoms. The number of para-hydroxylation sites is 1. The molecule has 0 saturated heterocycles. The molecule has 1 heterocycles. The van der Waals surface area contributed by atoms with E-state index in [0.717, 1.165) is 11.4 Å². The molecule has 96 valence electrons. The van der Waals surface area contributed by atoms with Gasteiger partial charge in [-0.3, -0.25) is 0 Å². The fourth-order valence-electron chi connectivity index (χ4n) is 2.00. The molecule has 0 aliphatic carbocycles. The van der Waals surface area contributed by atoms with E-state index in [1.54, 1.807) is 0 Å². The van der Waals surface area contributed by atoms with Crippen LogP contribution in [0.1, 0.15) is 44.0 Å². The second-order valence-corrected chi connectivity index (χ2v) is 4.91. The van der Waals surface area contributed by atoms with E-state index < -0.39 is 0 Å². The van der Waals surface area contributed by atoms with Gasteiger partial charge in [-0.25, -0.2) is 4.68 Å². The molecule has 2 rings (SSSR count). The highest BCUT2D eigenvalue weighted by atomic mass is 15.3. The number of nitrogens with one attached hydrogen (secondary N) is 1. The summed E-state index contributed by atoms with van der Waals surface area (Å²) in [6, 6.07) is 10.8. The average molecular weight is 243 g/mol. The van der Waals surface area contributed by atoms with E-state index in [-0.39, 0.29) is 0 Å². The highest BCUT2D eigenvalue weighted by Crippen LogP contribution is 2.22. The third kappa shape index (κ3) is 2.46. The molecule has 0 aliphatic heterocycles. The summed E-state index contributed by atoms with van der Waals surface area (Å²) in [4.78, 5) is 0. The molecule has 0 aliphatic rings. The van der Waals surface area contributed by atoms with Crippen LogP contribution < -0.4 is 5.32 Å². The van der Waals surface area contributed by atoms with Crippen LogP contribution in [0.25, 0.3) is 5.69 Å². The Morgan fingerprint density at radius 2 is 1.83 bits per heavy atom. The predicted octanol–water partition coefficient (Wildman–Crippen LogP) is 3.28. The van der Waals surface area contributed by atoms with Gasteiger partial charge in [0.15, 0.2) is 0 Å². The van der Waals surface area contributed by atoms with Crippen molar-refractivity contribution in [3.63, 3.8) is 0 Å². The van der Waals surface area contributed by atoms with E-state index in [1.807, 2.05) is 17.9 Å². The largest absolute Gasteiger partial charge is 0.313 e. The zero-order chi connectivity index (χ0) is 13.1. The van der Waals surface area contributed by atoms with Gasteiger partial charge in [0.05, 0.1) is 11.4 Å². The average Bonchev–Trinajstić information content (AvgIpc) is 2.87. The fourth-order valence-corrected chi connectivity index (χ4v) is 2.00. The minimum Gasteiger partial charge on any atom is -0.313 e. The lowest BCUT2D eigenvalue weighted by Gasteiger charge is -2.15. The topological polar surface area (TPSA) is 29.9 Å². The second kappa shape index (κ2) is 5.36. The minimum atomic E-state index is 0.313. The highest BCUT2D eigenvalue weighted by molar-refractivity contribution is 5.42. The van der Waals surface area contributed by atoms with Gasteiger partial charge in [-0.2, -0.15) is 5.10 Å². The van der Waals surface area contributed by atoms with Crippen LogP contribution >= 0.6 is 0 Å². The van der Waals surface area contributed by atoms with Gasteiger partial charge in [0.1, 0.15) is 0 Å². The molecule has 0 radical (unpaired) electrons. The van der Waals surface area contributed by atoms with Crippen LogP contribution in [0.5, 0.6) is 0 Å². The van der Waals surface area contributed by atoms with Crippen molar-refractivity contribution in [1.29, 1.82) is 0 Å². The van der Waals surface area contributed by atoms with Crippen LogP contribution in [0.4, 0.5) is 0 Å². The van der Waals surface area contributed by atoms with E-state index >= 15 is 0 Å². The summed E-state index contributed by atoms with van der Waals surface area (Å²) in [5.74, 6) is 0.458. The number of rotatable bonds is 4. The Morgan fingerprint density at radius 3 is 2.44 bits per heavy atom. The second-order valence-electron chi connectivity index (χ2n) is 4.91. The minimum absolute atomic E-state index is 0.313. The molecule has 1 aromatic carbocycles. The normalized spacial score (nSPS) is 12.9. The molecule has 2 aromatic rings. The van der Waals surface area contributed by atoms with Gasteiger partial charge in [0.25, 0.3) is 0 Å². The fraction of sp³-hybridized carbons (Fsp3) is 0.400. The molecule has 0 fully saturated rings. The molecule has 0 amide bonds. The van der Waals surface area contributed by atoms with E-state index in [0.29, 0.717) is 12.0 Å². The van der Waals surface area contributed by atoms with Gasteiger partial charge >= 0.3 is 0 Å². The van der Waals surface area contributed by atoms with Crippen molar-refractivity contribution in [3.05, 3.63) is 47.8 Å². The van der Waals surface area contributed by atoms with Crippen molar-refractivity contribution in [2.75, 3.05) is 7.05 Å². The van der Waals surface area contributed by atoms with Crippen molar-refractivity contribution >= 4 is 0 Å². The Hall–Kier alpha value is -1.61. The van der Waals surface area contributed by atoms with Crippen LogP contribution in [0, 0.1) is 0 Å². The van der Waals surface area contributed by atoms with Gasteiger partial charge in [-0.05, 0) is 37.6 Å². The maximum Gasteiger partial charge on any atom is 0.0693 e. The summed E-state index contributed by atoms with van der Waals surface area (Å²) < 4.78 is 1.97. The Labute approximate surface area is 109 Å². The molecule has 1 N–H and O–H groups in total. The number of hydrogen-bond donors (Lipinski definition) is 1. The summed E-state index contributed by atoms with van der Waals surface area (Å²) in [5.41, 5.74) is 3.53. The first-order valence-electron chi connectivity index (χ1n) is 6.45. The lowest BCUT2D eigenvalue weighted by atomic mass is 10.1. The molecular weight excluding hydrogens is 222 g/mol. The number of nitrogens with zero attached hydrogens (tertiary/aromatic N) is 2. The van der Waals surface area contributed by atoms with E-state index in [4.69, 9.17) is 0 Å². The van der Waals surface area contributed by atoms with E-state index in [9.17, 15) is 0 Å².